The SMILES string of the molecule is CC(C)n1c2c(c3ccc4c5ccccc5oc4c31)C=CC1Oc3ccccc3C21. The van der Waals surface area contributed by atoms with Gasteiger partial charge in [-0.3, -0.25) is 0 Å². The smallest absolute Gasteiger partial charge is 0.159 e. The van der Waals surface area contributed by atoms with Crippen molar-refractivity contribution >= 4 is 38.9 Å². The van der Waals surface area contributed by atoms with Gasteiger partial charge >= 0.3 is 0 Å². The molecule has 0 amide bonds. The molecule has 2 aromatic heterocycles. The van der Waals surface area contributed by atoms with Crippen molar-refractivity contribution in [1.29, 1.82) is 0 Å². The monoisotopic (exact) mass is 391 g/mol. The number of nitrogens with zero attached hydrogens (tertiary/aromatic N) is 1. The maximum absolute atomic E-state index is 6.44. The Morgan fingerprint density at radius 3 is 2.57 bits per heavy atom. The summed E-state index contributed by atoms with van der Waals surface area (Å²) >= 11 is 0. The molecule has 7 rings (SSSR count). The van der Waals surface area contributed by atoms with Gasteiger partial charge in [-0.1, -0.05) is 48.5 Å². The third-order valence-electron chi connectivity index (χ3n) is 6.70. The summed E-state index contributed by atoms with van der Waals surface area (Å²) in [6.07, 6.45) is 4.51. The van der Waals surface area contributed by atoms with E-state index in [4.69, 9.17) is 9.15 Å². The summed E-state index contributed by atoms with van der Waals surface area (Å²) in [4.78, 5) is 0. The Bertz CT molecular complexity index is 1510. The highest BCUT2D eigenvalue weighted by molar-refractivity contribution is 6.16. The van der Waals surface area contributed by atoms with Crippen molar-refractivity contribution in [3.05, 3.63) is 83.6 Å². The Morgan fingerprint density at radius 1 is 0.867 bits per heavy atom. The van der Waals surface area contributed by atoms with Gasteiger partial charge < -0.3 is 13.7 Å². The molecule has 3 heterocycles. The average molecular weight is 391 g/mol. The molecule has 0 fully saturated rings. The Labute approximate surface area is 174 Å². The summed E-state index contributed by atoms with van der Waals surface area (Å²) in [5, 5.41) is 3.61. The number of benzene rings is 3. The minimum absolute atomic E-state index is 0.0443. The van der Waals surface area contributed by atoms with Gasteiger partial charge in [0, 0.05) is 39.0 Å². The van der Waals surface area contributed by atoms with Gasteiger partial charge in [-0.2, -0.15) is 0 Å². The number of para-hydroxylation sites is 2. The standard InChI is InChI=1S/C27H21NO2/c1-15(2)28-25-17(13-14-23-24(25)20-8-4-6-10-22(20)29-23)18-11-12-19-16-7-3-5-9-21(16)30-27(19)26(18)28/h3-15,23-24H,1-2H3. The molecule has 0 radical (unpaired) electrons. The zero-order valence-corrected chi connectivity index (χ0v) is 16.9. The van der Waals surface area contributed by atoms with E-state index in [1.807, 2.05) is 6.07 Å². The predicted octanol–water partition coefficient (Wildman–Crippen LogP) is 7.04. The molecule has 2 atom stereocenters. The maximum atomic E-state index is 6.44. The van der Waals surface area contributed by atoms with Gasteiger partial charge in [0.2, 0.25) is 0 Å². The van der Waals surface area contributed by atoms with E-state index in [1.165, 1.54) is 38.5 Å². The van der Waals surface area contributed by atoms with Gasteiger partial charge in [0.05, 0.1) is 11.4 Å². The van der Waals surface area contributed by atoms with Crippen LogP contribution < -0.4 is 4.74 Å². The molecule has 0 bridgehead atoms. The lowest BCUT2D eigenvalue weighted by molar-refractivity contribution is 0.263. The van der Waals surface area contributed by atoms with Crippen LogP contribution in [-0.4, -0.2) is 10.7 Å². The third kappa shape index (κ3) is 1.90. The molecule has 0 spiro atoms. The van der Waals surface area contributed by atoms with Crippen LogP contribution in [0.5, 0.6) is 5.75 Å². The van der Waals surface area contributed by atoms with Gasteiger partial charge in [0.25, 0.3) is 0 Å². The van der Waals surface area contributed by atoms with Crippen molar-refractivity contribution in [3.8, 4) is 5.75 Å². The summed E-state index contributed by atoms with van der Waals surface area (Å²) in [5.41, 5.74) is 7.02. The van der Waals surface area contributed by atoms with Gasteiger partial charge in [0.1, 0.15) is 17.4 Å². The minimum Gasteiger partial charge on any atom is -0.485 e. The lowest BCUT2D eigenvalue weighted by Crippen LogP contribution is -2.23. The Hall–Kier alpha value is -3.46. The Kier molecular flexibility index (Phi) is 3.04. The molecule has 146 valence electrons. The quantitative estimate of drug-likeness (QED) is 0.306. The third-order valence-corrected chi connectivity index (χ3v) is 6.70. The number of rotatable bonds is 1. The zero-order chi connectivity index (χ0) is 20.0. The Morgan fingerprint density at radius 2 is 1.67 bits per heavy atom. The van der Waals surface area contributed by atoms with Crippen LogP contribution in [0.15, 0.2) is 71.2 Å². The topological polar surface area (TPSA) is 27.3 Å². The number of fused-ring (bicyclic) bond motifs is 11. The van der Waals surface area contributed by atoms with E-state index in [0.717, 1.165) is 16.9 Å². The second-order valence-electron chi connectivity index (χ2n) is 8.66. The fourth-order valence-electron chi connectivity index (χ4n) is 5.53. The molecule has 5 aromatic rings. The van der Waals surface area contributed by atoms with Crippen molar-refractivity contribution in [2.24, 2.45) is 0 Å². The fraction of sp³-hybridized carbons (Fsp3) is 0.185. The molecule has 3 heteroatoms. The van der Waals surface area contributed by atoms with Crippen LogP contribution in [0, 0.1) is 0 Å². The number of aromatic nitrogens is 1. The van der Waals surface area contributed by atoms with Crippen LogP contribution in [0.2, 0.25) is 0 Å². The summed E-state index contributed by atoms with van der Waals surface area (Å²) < 4.78 is 15.2. The van der Waals surface area contributed by atoms with Gasteiger partial charge in [-0.25, -0.2) is 0 Å². The zero-order valence-electron chi connectivity index (χ0n) is 16.9. The van der Waals surface area contributed by atoms with E-state index in [1.54, 1.807) is 0 Å². The van der Waals surface area contributed by atoms with Gasteiger partial charge in [0.15, 0.2) is 5.58 Å². The van der Waals surface area contributed by atoms with Crippen molar-refractivity contribution in [2.45, 2.75) is 31.9 Å². The van der Waals surface area contributed by atoms with E-state index < -0.39 is 0 Å². The molecule has 3 nitrogen and oxygen atoms in total. The number of furan rings is 1. The molecule has 0 saturated carbocycles. The van der Waals surface area contributed by atoms with Crippen LogP contribution in [0.1, 0.15) is 42.6 Å². The lowest BCUT2D eigenvalue weighted by Gasteiger charge is -2.25. The highest BCUT2D eigenvalue weighted by Crippen LogP contribution is 2.50. The molecule has 3 aromatic carbocycles. The molecule has 2 unspecified atom stereocenters. The lowest BCUT2D eigenvalue weighted by atomic mass is 9.85. The van der Waals surface area contributed by atoms with E-state index >= 15 is 0 Å². The summed E-state index contributed by atoms with van der Waals surface area (Å²) in [6, 6.07) is 21.6. The molecular weight excluding hydrogens is 370 g/mol. The molecule has 0 N–H and O–H groups in total. The highest BCUT2D eigenvalue weighted by atomic mass is 16.5. The van der Waals surface area contributed by atoms with Gasteiger partial charge in [-0.15, -0.1) is 0 Å². The molecular formula is C27H21NO2. The molecule has 2 aliphatic rings. The summed E-state index contributed by atoms with van der Waals surface area (Å²) in [7, 11) is 0. The Balaban J connectivity index is 1.65. The first-order valence-corrected chi connectivity index (χ1v) is 10.6. The minimum atomic E-state index is 0.0443. The van der Waals surface area contributed by atoms with Crippen molar-refractivity contribution in [3.63, 3.8) is 0 Å². The molecule has 30 heavy (non-hydrogen) atoms. The van der Waals surface area contributed by atoms with E-state index in [2.05, 4.69) is 85.2 Å². The van der Waals surface area contributed by atoms with Crippen LogP contribution in [0.4, 0.5) is 0 Å². The largest absolute Gasteiger partial charge is 0.485 e. The van der Waals surface area contributed by atoms with Crippen molar-refractivity contribution < 1.29 is 9.15 Å². The van der Waals surface area contributed by atoms with E-state index in [9.17, 15) is 0 Å². The first-order valence-electron chi connectivity index (χ1n) is 10.6. The van der Waals surface area contributed by atoms with Crippen molar-refractivity contribution in [2.75, 3.05) is 0 Å². The second kappa shape index (κ2) is 5.57. The van der Waals surface area contributed by atoms with Crippen LogP contribution in [0.25, 0.3) is 38.9 Å². The normalized spacial score (nSPS) is 19.4. The van der Waals surface area contributed by atoms with Crippen LogP contribution in [-0.2, 0) is 0 Å². The molecule has 1 aliphatic carbocycles. The predicted molar refractivity (Wildman–Crippen MR) is 121 cm³/mol. The molecule has 0 saturated heterocycles. The summed E-state index contributed by atoms with van der Waals surface area (Å²) in [5.74, 6) is 1.20. The fourth-order valence-corrected chi connectivity index (χ4v) is 5.53. The first kappa shape index (κ1) is 16.3. The van der Waals surface area contributed by atoms with E-state index in [0.29, 0.717) is 6.04 Å². The highest BCUT2D eigenvalue weighted by Gasteiger charge is 2.41. The average Bonchev–Trinajstić information content (AvgIpc) is 3.42. The van der Waals surface area contributed by atoms with Gasteiger partial charge in [-0.05, 0) is 38.1 Å². The first-order chi connectivity index (χ1) is 14.7. The van der Waals surface area contributed by atoms with Crippen LogP contribution >= 0.6 is 0 Å². The van der Waals surface area contributed by atoms with Crippen LogP contribution in [0.3, 0.4) is 0 Å². The van der Waals surface area contributed by atoms with Crippen molar-refractivity contribution in [1.82, 2.24) is 4.57 Å². The van der Waals surface area contributed by atoms with E-state index in [-0.39, 0.29) is 12.0 Å². The number of hydrogen-bond donors (Lipinski definition) is 0. The number of ether oxygens (including phenoxy) is 1. The second-order valence-corrected chi connectivity index (χ2v) is 8.66. The maximum Gasteiger partial charge on any atom is 0.159 e. The molecule has 1 aliphatic heterocycles. The number of hydrogen-bond acceptors (Lipinski definition) is 2. The summed E-state index contributed by atoms with van der Waals surface area (Å²) in [6.45, 7) is 4.52.